The Kier molecular flexibility index (Phi) is 5.81. The Labute approximate surface area is 135 Å². The van der Waals surface area contributed by atoms with Gasteiger partial charge in [-0.05, 0) is 17.7 Å². The third-order valence-corrected chi connectivity index (χ3v) is 3.90. The Hall–Kier alpha value is -2.28. The summed E-state index contributed by atoms with van der Waals surface area (Å²) in [6.45, 7) is 1.81. The fourth-order valence-corrected chi connectivity index (χ4v) is 2.64. The molecule has 1 aromatic rings. The predicted octanol–water partition coefficient (Wildman–Crippen LogP) is 0.140. The smallest absolute Gasteiger partial charge is 0.237 e. The van der Waals surface area contributed by atoms with E-state index in [9.17, 15) is 9.59 Å². The van der Waals surface area contributed by atoms with Crippen molar-refractivity contribution in [1.29, 1.82) is 0 Å². The highest BCUT2D eigenvalue weighted by Gasteiger charge is 2.31. The Morgan fingerprint density at radius 3 is 2.52 bits per heavy atom. The molecule has 2 N–H and O–H groups in total. The van der Waals surface area contributed by atoms with Gasteiger partial charge in [0.05, 0.1) is 26.7 Å². The zero-order chi connectivity index (χ0) is 16.8. The lowest BCUT2D eigenvalue weighted by Crippen LogP contribution is -2.55. The molecule has 1 aliphatic heterocycles. The molecular formula is C16H23N3O4. The van der Waals surface area contributed by atoms with Gasteiger partial charge in [-0.25, -0.2) is 0 Å². The van der Waals surface area contributed by atoms with Gasteiger partial charge in [0.1, 0.15) is 11.5 Å². The fraction of sp³-hybridized carbons (Fsp3) is 0.500. The van der Waals surface area contributed by atoms with E-state index in [1.807, 2.05) is 17.0 Å². The Bertz CT molecular complexity index is 554. The lowest BCUT2D eigenvalue weighted by atomic mass is 10.1. The highest BCUT2D eigenvalue weighted by atomic mass is 16.5. The van der Waals surface area contributed by atoms with Gasteiger partial charge in [-0.15, -0.1) is 0 Å². The first-order valence-corrected chi connectivity index (χ1v) is 7.51. The number of benzene rings is 1. The molecule has 0 spiro atoms. The summed E-state index contributed by atoms with van der Waals surface area (Å²) in [6.07, 6.45) is 0.142. The molecular weight excluding hydrogens is 298 g/mol. The van der Waals surface area contributed by atoms with Crippen LogP contribution in [-0.2, 0) is 16.1 Å². The van der Waals surface area contributed by atoms with Gasteiger partial charge < -0.3 is 20.1 Å². The average Bonchev–Trinajstić information content (AvgIpc) is 2.57. The topological polar surface area (TPSA) is 79.9 Å². The van der Waals surface area contributed by atoms with Crippen LogP contribution in [0.5, 0.6) is 11.5 Å². The van der Waals surface area contributed by atoms with E-state index in [-0.39, 0.29) is 18.2 Å². The second kappa shape index (κ2) is 7.82. The zero-order valence-electron chi connectivity index (χ0n) is 13.7. The molecule has 1 fully saturated rings. The standard InChI is InChI=1S/C16H23N3O4/c1-17-15(20)9-14-16(21)18-4-5-19(14)10-11-6-12(22-2)8-13(7-11)23-3/h6-8,14H,4-5,9-10H2,1-3H3,(H,17,20)(H,18,21)/t14-/m0/s1. The molecule has 126 valence electrons. The van der Waals surface area contributed by atoms with E-state index in [0.29, 0.717) is 31.1 Å². The van der Waals surface area contributed by atoms with Gasteiger partial charge in [0.25, 0.3) is 0 Å². The van der Waals surface area contributed by atoms with Crippen molar-refractivity contribution in [1.82, 2.24) is 15.5 Å². The maximum absolute atomic E-state index is 12.1. The average molecular weight is 321 g/mol. The van der Waals surface area contributed by atoms with E-state index in [1.165, 1.54) is 0 Å². The molecule has 0 aliphatic carbocycles. The molecule has 0 radical (unpaired) electrons. The minimum Gasteiger partial charge on any atom is -0.497 e. The van der Waals surface area contributed by atoms with Crippen molar-refractivity contribution in [3.63, 3.8) is 0 Å². The number of amides is 2. The van der Waals surface area contributed by atoms with Crippen LogP contribution in [0.25, 0.3) is 0 Å². The van der Waals surface area contributed by atoms with Crippen LogP contribution in [0.1, 0.15) is 12.0 Å². The fourth-order valence-electron chi connectivity index (χ4n) is 2.64. The quantitative estimate of drug-likeness (QED) is 0.779. The third kappa shape index (κ3) is 4.35. The van der Waals surface area contributed by atoms with E-state index >= 15 is 0 Å². The summed E-state index contributed by atoms with van der Waals surface area (Å²) >= 11 is 0. The van der Waals surface area contributed by atoms with E-state index in [2.05, 4.69) is 10.6 Å². The number of hydrogen-bond donors (Lipinski definition) is 2. The molecule has 23 heavy (non-hydrogen) atoms. The number of rotatable bonds is 6. The van der Waals surface area contributed by atoms with Crippen molar-refractivity contribution < 1.29 is 19.1 Å². The zero-order valence-corrected chi connectivity index (χ0v) is 13.7. The van der Waals surface area contributed by atoms with Crippen LogP contribution in [0.2, 0.25) is 0 Å². The van der Waals surface area contributed by atoms with Gasteiger partial charge >= 0.3 is 0 Å². The molecule has 7 heteroatoms. The van der Waals surface area contributed by atoms with Gasteiger partial charge in [-0.2, -0.15) is 0 Å². The minimum atomic E-state index is -0.471. The summed E-state index contributed by atoms with van der Waals surface area (Å²) in [4.78, 5) is 25.8. The summed E-state index contributed by atoms with van der Waals surface area (Å²) in [5.74, 6) is 1.13. The van der Waals surface area contributed by atoms with E-state index in [4.69, 9.17) is 9.47 Å². The largest absolute Gasteiger partial charge is 0.497 e. The molecule has 1 atom stereocenters. The van der Waals surface area contributed by atoms with Crippen molar-refractivity contribution in [2.45, 2.75) is 19.0 Å². The SMILES string of the molecule is CNC(=O)C[C@H]1C(=O)NCCN1Cc1cc(OC)cc(OC)c1. The van der Waals surface area contributed by atoms with Gasteiger partial charge in [0.2, 0.25) is 11.8 Å². The number of hydrogen-bond acceptors (Lipinski definition) is 5. The highest BCUT2D eigenvalue weighted by molar-refractivity contribution is 5.88. The number of ether oxygens (including phenoxy) is 2. The number of methoxy groups -OCH3 is 2. The second-order valence-electron chi connectivity index (χ2n) is 5.38. The third-order valence-electron chi connectivity index (χ3n) is 3.90. The van der Waals surface area contributed by atoms with Crippen molar-refractivity contribution in [2.75, 3.05) is 34.4 Å². The van der Waals surface area contributed by atoms with Crippen molar-refractivity contribution in [2.24, 2.45) is 0 Å². The van der Waals surface area contributed by atoms with Gasteiger partial charge in [-0.3, -0.25) is 14.5 Å². The minimum absolute atomic E-state index is 0.116. The number of piperazine rings is 1. The summed E-state index contributed by atoms with van der Waals surface area (Å²) in [7, 11) is 4.77. The molecule has 1 aliphatic rings. The molecule has 0 unspecified atom stereocenters. The second-order valence-corrected chi connectivity index (χ2v) is 5.38. The first kappa shape index (κ1) is 17.1. The lowest BCUT2D eigenvalue weighted by molar-refractivity contribution is -0.134. The van der Waals surface area contributed by atoms with E-state index in [1.54, 1.807) is 27.3 Å². The predicted molar refractivity (Wildman–Crippen MR) is 85.4 cm³/mol. The summed E-state index contributed by atoms with van der Waals surface area (Å²) < 4.78 is 10.5. The molecule has 0 aromatic heterocycles. The van der Waals surface area contributed by atoms with Crippen LogP contribution in [0.4, 0.5) is 0 Å². The van der Waals surface area contributed by atoms with Crippen molar-refractivity contribution >= 4 is 11.8 Å². The van der Waals surface area contributed by atoms with Gasteiger partial charge in [0, 0.05) is 32.7 Å². The van der Waals surface area contributed by atoms with Crippen LogP contribution in [0, 0.1) is 0 Å². The maximum Gasteiger partial charge on any atom is 0.237 e. The molecule has 7 nitrogen and oxygen atoms in total. The van der Waals surface area contributed by atoms with Crippen LogP contribution in [0.15, 0.2) is 18.2 Å². The van der Waals surface area contributed by atoms with E-state index in [0.717, 1.165) is 5.56 Å². The number of nitrogens with zero attached hydrogens (tertiary/aromatic N) is 1. The first-order chi connectivity index (χ1) is 11.1. The van der Waals surface area contributed by atoms with Gasteiger partial charge in [-0.1, -0.05) is 0 Å². The lowest BCUT2D eigenvalue weighted by Gasteiger charge is -2.34. The number of carbonyl (C=O) groups is 2. The van der Waals surface area contributed by atoms with Crippen molar-refractivity contribution in [3.05, 3.63) is 23.8 Å². The van der Waals surface area contributed by atoms with Crippen LogP contribution >= 0.6 is 0 Å². The van der Waals surface area contributed by atoms with Crippen LogP contribution in [-0.4, -0.2) is 57.1 Å². The number of nitrogens with one attached hydrogen (secondary N) is 2. The molecule has 1 heterocycles. The molecule has 0 saturated carbocycles. The van der Waals surface area contributed by atoms with Gasteiger partial charge in [0.15, 0.2) is 0 Å². The van der Waals surface area contributed by atoms with Crippen LogP contribution in [0.3, 0.4) is 0 Å². The summed E-state index contributed by atoms with van der Waals surface area (Å²) in [5.41, 5.74) is 0.970. The molecule has 1 aromatic carbocycles. The first-order valence-electron chi connectivity index (χ1n) is 7.51. The number of carbonyl (C=O) groups excluding carboxylic acids is 2. The Morgan fingerprint density at radius 2 is 1.96 bits per heavy atom. The molecule has 2 amide bonds. The Morgan fingerprint density at radius 1 is 1.30 bits per heavy atom. The highest BCUT2D eigenvalue weighted by Crippen LogP contribution is 2.24. The molecule has 0 bridgehead atoms. The summed E-state index contributed by atoms with van der Waals surface area (Å²) in [5, 5.41) is 5.38. The monoisotopic (exact) mass is 321 g/mol. The molecule has 1 saturated heterocycles. The normalized spacial score (nSPS) is 18.2. The molecule has 2 rings (SSSR count). The Balaban J connectivity index is 2.18. The van der Waals surface area contributed by atoms with Crippen molar-refractivity contribution in [3.8, 4) is 11.5 Å². The van der Waals surface area contributed by atoms with E-state index < -0.39 is 6.04 Å². The van der Waals surface area contributed by atoms with Crippen LogP contribution < -0.4 is 20.1 Å². The maximum atomic E-state index is 12.1. The summed E-state index contributed by atoms with van der Waals surface area (Å²) in [6, 6.07) is 5.15.